The first-order valence-electron chi connectivity index (χ1n) is 9.99. The van der Waals surface area contributed by atoms with Gasteiger partial charge in [-0.1, -0.05) is 13.8 Å². The van der Waals surface area contributed by atoms with Gasteiger partial charge in [-0.25, -0.2) is 26.3 Å². The van der Waals surface area contributed by atoms with Crippen molar-refractivity contribution < 1.29 is 62.2 Å². The number of alkyl halides is 12. The average molecular weight is 510 g/mol. The highest BCUT2D eigenvalue weighted by molar-refractivity contribution is 5.73. The van der Waals surface area contributed by atoms with Gasteiger partial charge in [-0.05, 0) is 36.5 Å². The zero-order valence-corrected chi connectivity index (χ0v) is 17.4. The molecule has 2 bridgehead atoms. The second-order valence-electron chi connectivity index (χ2n) is 9.08. The minimum absolute atomic E-state index is 0.0541. The first-order chi connectivity index (χ1) is 14.7. The Bertz CT molecular complexity index is 722. The highest BCUT2D eigenvalue weighted by Gasteiger charge is 2.75. The van der Waals surface area contributed by atoms with Crippen LogP contribution in [-0.2, 0) is 9.53 Å². The van der Waals surface area contributed by atoms with E-state index in [1.165, 1.54) is 0 Å². The van der Waals surface area contributed by atoms with E-state index in [4.69, 9.17) is 0 Å². The molecule has 194 valence electrons. The molecule has 0 spiro atoms. The molecule has 2 nitrogen and oxygen atoms in total. The molecule has 0 aromatic heterocycles. The molecule has 0 aliphatic heterocycles. The molecule has 0 aromatic rings. The number of carbonyl (C=O) groups is 1. The van der Waals surface area contributed by atoms with Crippen molar-refractivity contribution in [3.8, 4) is 0 Å². The van der Waals surface area contributed by atoms with Crippen LogP contribution in [0.2, 0.25) is 0 Å². The predicted octanol–water partition coefficient (Wildman–Crippen LogP) is 6.68. The number of halogens is 12. The molecule has 0 heterocycles. The number of ether oxygens (including phenoxy) is 1. The van der Waals surface area contributed by atoms with Gasteiger partial charge in [0.1, 0.15) is 0 Å². The molecule has 2 rings (SSSR count). The second kappa shape index (κ2) is 8.69. The SMILES string of the molecule is CC1C2CC(C(=O)OCC(F)(F)CC(F)(F)C(F)(F)C(F)(F)CC(F)(F)C(F)F)C(C2)C1C. The van der Waals surface area contributed by atoms with Gasteiger partial charge in [0.25, 0.3) is 5.92 Å². The van der Waals surface area contributed by atoms with Gasteiger partial charge in [0.2, 0.25) is 0 Å². The quantitative estimate of drug-likeness (QED) is 0.242. The molecular formula is C19H22F12O2. The van der Waals surface area contributed by atoms with Crippen molar-refractivity contribution in [1.29, 1.82) is 0 Å². The molecule has 2 fully saturated rings. The molecule has 2 saturated carbocycles. The van der Waals surface area contributed by atoms with Crippen LogP contribution in [0.3, 0.4) is 0 Å². The van der Waals surface area contributed by atoms with Gasteiger partial charge in [0.15, 0.2) is 6.61 Å². The first-order valence-corrected chi connectivity index (χ1v) is 9.99. The first kappa shape index (κ1) is 27.9. The van der Waals surface area contributed by atoms with Gasteiger partial charge < -0.3 is 4.74 Å². The third kappa shape index (κ3) is 5.33. The minimum atomic E-state index is -6.83. The van der Waals surface area contributed by atoms with E-state index in [2.05, 4.69) is 4.74 Å². The van der Waals surface area contributed by atoms with E-state index in [-0.39, 0.29) is 23.7 Å². The van der Waals surface area contributed by atoms with Crippen LogP contribution in [0.5, 0.6) is 0 Å². The Balaban J connectivity index is 2.04. The molecule has 2 aliphatic carbocycles. The average Bonchev–Trinajstić information content (AvgIpc) is 3.18. The number of esters is 1. The highest BCUT2D eigenvalue weighted by atomic mass is 19.4. The summed E-state index contributed by atoms with van der Waals surface area (Å²) in [6.45, 7) is 1.65. The molecule has 0 saturated heterocycles. The summed E-state index contributed by atoms with van der Waals surface area (Å²) in [5.41, 5.74) is 0. The summed E-state index contributed by atoms with van der Waals surface area (Å²) in [4.78, 5) is 12.1. The lowest BCUT2D eigenvalue weighted by Gasteiger charge is -2.35. The van der Waals surface area contributed by atoms with Crippen LogP contribution in [-0.4, -0.2) is 48.6 Å². The Hall–Kier alpha value is -1.37. The van der Waals surface area contributed by atoms with Crippen LogP contribution in [0, 0.1) is 29.6 Å². The van der Waals surface area contributed by atoms with Crippen molar-refractivity contribution >= 4 is 5.97 Å². The Kier molecular flexibility index (Phi) is 7.34. The van der Waals surface area contributed by atoms with E-state index < -0.39 is 67.4 Å². The van der Waals surface area contributed by atoms with E-state index in [1.54, 1.807) is 0 Å². The summed E-state index contributed by atoms with van der Waals surface area (Å²) >= 11 is 0. The van der Waals surface area contributed by atoms with Crippen molar-refractivity contribution in [2.45, 2.75) is 75.6 Å². The maximum atomic E-state index is 13.9. The topological polar surface area (TPSA) is 26.3 Å². The molecule has 5 unspecified atom stereocenters. The number of hydrogen-bond acceptors (Lipinski definition) is 2. The number of fused-ring (bicyclic) bond motifs is 2. The fraction of sp³-hybridized carbons (Fsp3) is 0.947. The van der Waals surface area contributed by atoms with Gasteiger partial charge in [-0.2, -0.15) is 26.3 Å². The van der Waals surface area contributed by atoms with Gasteiger partial charge in [-0.15, -0.1) is 0 Å². The van der Waals surface area contributed by atoms with Crippen LogP contribution >= 0.6 is 0 Å². The van der Waals surface area contributed by atoms with Crippen molar-refractivity contribution in [2.24, 2.45) is 29.6 Å². The standard InChI is InChI=1S/C19H22F12O2/c1-8-9(2)11-3-10(8)4-12(11)13(32)33-7-15(22,23)5-17(26,27)19(30,31)18(28,29)6-16(24,25)14(20)21/h8-12,14H,3-7H2,1-2H3. The molecule has 0 radical (unpaired) electrons. The normalized spacial score (nSPS) is 29.1. The van der Waals surface area contributed by atoms with Gasteiger partial charge >= 0.3 is 36.1 Å². The fourth-order valence-electron chi connectivity index (χ4n) is 4.73. The van der Waals surface area contributed by atoms with Crippen molar-refractivity contribution in [1.82, 2.24) is 0 Å². The van der Waals surface area contributed by atoms with Gasteiger partial charge in [0.05, 0.1) is 18.8 Å². The van der Waals surface area contributed by atoms with Crippen LogP contribution in [0.15, 0.2) is 0 Å². The van der Waals surface area contributed by atoms with Crippen molar-refractivity contribution in [3.63, 3.8) is 0 Å². The maximum Gasteiger partial charge on any atom is 0.372 e. The maximum absolute atomic E-state index is 13.9. The van der Waals surface area contributed by atoms with E-state index in [0.29, 0.717) is 12.8 Å². The summed E-state index contributed by atoms with van der Waals surface area (Å²) in [7, 11) is 0. The number of carbonyl (C=O) groups excluding carboxylic acids is 1. The Morgan fingerprint density at radius 2 is 1.36 bits per heavy atom. The second-order valence-corrected chi connectivity index (χ2v) is 9.08. The van der Waals surface area contributed by atoms with E-state index in [1.807, 2.05) is 13.8 Å². The number of rotatable bonds is 10. The third-order valence-corrected chi connectivity index (χ3v) is 6.80. The monoisotopic (exact) mass is 510 g/mol. The van der Waals surface area contributed by atoms with Crippen molar-refractivity contribution in [2.75, 3.05) is 6.61 Å². The third-order valence-electron chi connectivity index (χ3n) is 6.80. The van der Waals surface area contributed by atoms with Crippen LogP contribution < -0.4 is 0 Å². The molecule has 33 heavy (non-hydrogen) atoms. The van der Waals surface area contributed by atoms with E-state index in [0.717, 1.165) is 0 Å². The van der Waals surface area contributed by atoms with Crippen molar-refractivity contribution in [3.05, 3.63) is 0 Å². The summed E-state index contributed by atoms with van der Waals surface area (Å²) in [6.07, 6.45) is -10.9. The fourth-order valence-corrected chi connectivity index (χ4v) is 4.73. The van der Waals surface area contributed by atoms with Gasteiger partial charge in [0, 0.05) is 0 Å². The van der Waals surface area contributed by atoms with Crippen LogP contribution in [0.25, 0.3) is 0 Å². The van der Waals surface area contributed by atoms with Crippen LogP contribution in [0.1, 0.15) is 39.5 Å². The zero-order valence-electron chi connectivity index (χ0n) is 17.4. The lowest BCUT2D eigenvalue weighted by atomic mass is 9.76. The summed E-state index contributed by atoms with van der Waals surface area (Å²) < 4.78 is 163. The van der Waals surface area contributed by atoms with Crippen LogP contribution in [0.4, 0.5) is 52.7 Å². The smallest absolute Gasteiger partial charge is 0.372 e. The molecule has 2 aliphatic rings. The molecule has 14 heteroatoms. The molecule has 0 aromatic carbocycles. The Morgan fingerprint density at radius 3 is 1.82 bits per heavy atom. The molecular weight excluding hydrogens is 488 g/mol. The summed E-state index contributed by atoms with van der Waals surface area (Å²) in [5, 5.41) is 0. The highest BCUT2D eigenvalue weighted by Crippen LogP contribution is 2.56. The lowest BCUT2D eigenvalue weighted by molar-refractivity contribution is -0.338. The summed E-state index contributed by atoms with van der Waals surface area (Å²) in [6, 6.07) is 0. The molecule has 0 amide bonds. The van der Waals surface area contributed by atoms with E-state index >= 15 is 0 Å². The lowest BCUT2D eigenvalue weighted by Crippen LogP contribution is -2.58. The largest absolute Gasteiger partial charge is 0.459 e. The predicted molar refractivity (Wildman–Crippen MR) is 89.0 cm³/mol. The number of hydrogen-bond donors (Lipinski definition) is 0. The molecule has 5 atom stereocenters. The summed E-state index contributed by atoms with van der Waals surface area (Å²) in [5.74, 6) is -32.1. The Labute approximate surface area is 181 Å². The molecule has 0 N–H and O–H groups in total. The Morgan fingerprint density at radius 1 is 0.848 bits per heavy atom. The van der Waals surface area contributed by atoms with Gasteiger partial charge in [-0.3, -0.25) is 4.79 Å². The van der Waals surface area contributed by atoms with E-state index in [9.17, 15) is 57.5 Å². The zero-order chi connectivity index (χ0) is 25.8. The minimum Gasteiger partial charge on any atom is -0.459 e.